The molecule has 0 aliphatic rings. The third-order valence-electron chi connectivity index (χ3n) is 3.33. The maximum atomic E-state index is 13.5. The predicted octanol–water partition coefficient (Wildman–Crippen LogP) is 1.76. The molecule has 26 heavy (non-hydrogen) atoms. The van der Waals surface area contributed by atoms with Gasteiger partial charge in [-0.05, 0) is 30.7 Å². The van der Waals surface area contributed by atoms with Crippen LogP contribution in [-0.2, 0) is 0 Å². The summed E-state index contributed by atoms with van der Waals surface area (Å²) in [7, 11) is 0. The second kappa shape index (κ2) is 12.7. The first-order valence-electron chi connectivity index (χ1n) is 7.70. The van der Waals surface area contributed by atoms with Crippen LogP contribution in [0.5, 0.6) is 0 Å². The fraction of sp³-hybridized carbons (Fsp3) is 0.294. The van der Waals surface area contributed by atoms with Crippen LogP contribution in [-0.4, -0.2) is 35.4 Å². The number of benzene rings is 1. The summed E-state index contributed by atoms with van der Waals surface area (Å²) in [5, 5.41) is 18.0. The van der Waals surface area contributed by atoms with Gasteiger partial charge >= 0.3 is 0 Å². The molecule has 0 saturated heterocycles. The fourth-order valence-corrected chi connectivity index (χ4v) is 1.87. The van der Waals surface area contributed by atoms with E-state index in [0.29, 0.717) is 0 Å². The Hall–Kier alpha value is -2.62. The monoisotopic (exact) mass is 368 g/mol. The summed E-state index contributed by atoms with van der Waals surface area (Å²) in [5.41, 5.74) is 8.27. The van der Waals surface area contributed by atoms with Crippen molar-refractivity contribution in [2.75, 3.05) is 6.54 Å². The highest BCUT2D eigenvalue weighted by Crippen LogP contribution is 2.22. The summed E-state index contributed by atoms with van der Waals surface area (Å²) < 4.78 is 25.6. The number of aliphatic hydroxyl groups is 1. The molecule has 1 aromatic carbocycles. The minimum atomic E-state index is -0.993. The van der Waals surface area contributed by atoms with Gasteiger partial charge in [0, 0.05) is 5.92 Å². The van der Waals surface area contributed by atoms with Gasteiger partial charge in [-0.25, -0.2) is 13.8 Å². The molecule has 0 fully saturated rings. The van der Waals surface area contributed by atoms with E-state index >= 15 is 0 Å². The Bertz CT molecular complexity index is 618. The van der Waals surface area contributed by atoms with E-state index in [2.05, 4.69) is 17.1 Å². The molecule has 9 heteroatoms. The van der Waals surface area contributed by atoms with E-state index in [-0.39, 0.29) is 18.1 Å². The number of hydrazine groups is 2. The van der Waals surface area contributed by atoms with Crippen molar-refractivity contribution in [1.82, 2.24) is 10.5 Å². The molecule has 0 spiro atoms. The molecule has 0 aliphatic heterocycles. The average molecular weight is 368 g/mol. The molecule has 7 N–H and O–H groups in total. The summed E-state index contributed by atoms with van der Waals surface area (Å²) in [5.74, 6) is 3.65. The van der Waals surface area contributed by atoms with E-state index in [4.69, 9.17) is 17.0 Å². The molecule has 0 saturated carbocycles. The molecule has 2 atom stereocenters. The van der Waals surface area contributed by atoms with Gasteiger partial charge in [-0.15, -0.1) is 0 Å². The first-order chi connectivity index (χ1) is 12.3. The van der Waals surface area contributed by atoms with E-state index in [0.717, 1.165) is 29.3 Å². The van der Waals surface area contributed by atoms with Crippen molar-refractivity contribution in [3.8, 4) is 0 Å². The van der Waals surface area contributed by atoms with Gasteiger partial charge in [0.25, 0.3) is 0 Å². The summed E-state index contributed by atoms with van der Waals surface area (Å²) in [6, 6.07) is 6.50. The number of hydrogen-bond donors (Lipinski definition) is 5. The molecule has 1 aromatic rings. The molecule has 0 aliphatic carbocycles. The van der Waals surface area contributed by atoms with Crippen LogP contribution < -0.4 is 17.1 Å². The zero-order valence-corrected chi connectivity index (χ0v) is 14.9. The van der Waals surface area contributed by atoms with Gasteiger partial charge < -0.3 is 10.8 Å². The lowest BCUT2D eigenvalue weighted by Gasteiger charge is -2.25. The average Bonchev–Trinajstić information content (AvgIpc) is 2.63. The van der Waals surface area contributed by atoms with Gasteiger partial charge in [-0.2, -0.15) is 5.53 Å². The summed E-state index contributed by atoms with van der Waals surface area (Å²) in [4.78, 5) is 3.67. The molecular formula is C17H26F2N6O. The highest BCUT2D eigenvalue weighted by molar-refractivity contribution is 5.54. The second-order valence-corrected chi connectivity index (χ2v) is 5.28. The van der Waals surface area contributed by atoms with Crippen LogP contribution in [0.15, 0.2) is 53.4 Å². The Morgan fingerprint density at radius 3 is 2.58 bits per heavy atom. The topological polar surface area (TPSA) is 124 Å². The van der Waals surface area contributed by atoms with Crippen molar-refractivity contribution in [2.45, 2.75) is 20.0 Å². The first-order valence-corrected chi connectivity index (χ1v) is 7.70. The third kappa shape index (κ3) is 8.47. The number of aliphatic hydroxyl groups excluding tert-OH is 1. The molecule has 0 heterocycles. The SMILES string of the molecule is C=C/C(F)=C(\N=CN)C(C)C(O)CN(C=N)NN.Cc1cccc(F)c1. The van der Waals surface area contributed by atoms with Crippen LogP contribution in [0.3, 0.4) is 0 Å². The smallest absolute Gasteiger partial charge is 0.144 e. The lowest BCUT2D eigenvalue weighted by Crippen LogP contribution is -2.47. The number of nitrogens with one attached hydrogen (secondary N) is 2. The van der Waals surface area contributed by atoms with E-state index in [1.165, 1.54) is 12.1 Å². The largest absolute Gasteiger partial charge is 0.391 e. The molecule has 0 amide bonds. The van der Waals surface area contributed by atoms with E-state index in [1.54, 1.807) is 13.0 Å². The predicted molar refractivity (Wildman–Crippen MR) is 100 cm³/mol. The Labute approximate surface area is 152 Å². The fourth-order valence-electron chi connectivity index (χ4n) is 1.87. The molecule has 144 valence electrons. The number of hydrogen-bond acceptors (Lipinski definition) is 5. The molecule has 0 radical (unpaired) electrons. The van der Waals surface area contributed by atoms with Crippen molar-refractivity contribution in [1.29, 1.82) is 5.41 Å². The minimum Gasteiger partial charge on any atom is -0.391 e. The molecule has 2 unspecified atom stereocenters. The zero-order valence-electron chi connectivity index (χ0n) is 14.9. The molecule has 0 bridgehead atoms. The normalized spacial score (nSPS) is 13.9. The minimum absolute atomic E-state index is 0.00478. The van der Waals surface area contributed by atoms with Crippen molar-refractivity contribution in [2.24, 2.45) is 22.5 Å². The molecular weight excluding hydrogens is 342 g/mol. The van der Waals surface area contributed by atoms with Crippen LogP contribution in [0.2, 0.25) is 0 Å². The van der Waals surface area contributed by atoms with Gasteiger partial charge in [0.1, 0.15) is 11.6 Å². The van der Waals surface area contributed by atoms with Gasteiger partial charge in [0.2, 0.25) is 0 Å². The van der Waals surface area contributed by atoms with Crippen molar-refractivity contribution >= 4 is 12.7 Å². The number of aryl methyl sites for hydroxylation is 1. The number of allylic oxidation sites excluding steroid dienone is 2. The van der Waals surface area contributed by atoms with Crippen molar-refractivity contribution in [3.05, 3.63) is 59.8 Å². The Balaban J connectivity index is 0.000000642. The third-order valence-corrected chi connectivity index (χ3v) is 3.33. The van der Waals surface area contributed by atoms with Crippen LogP contribution in [0.25, 0.3) is 0 Å². The lowest BCUT2D eigenvalue weighted by atomic mass is 10.00. The van der Waals surface area contributed by atoms with E-state index < -0.39 is 17.8 Å². The Morgan fingerprint density at radius 1 is 1.54 bits per heavy atom. The van der Waals surface area contributed by atoms with Gasteiger partial charge in [0.15, 0.2) is 0 Å². The van der Waals surface area contributed by atoms with Gasteiger partial charge in [-0.3, -0.25) is 16.3 Å². The quantitative estimate of drug-likeness (QED) is 0.157. The molecule has 7 nitrogen and oxygen atoms in total. The van der Waals surface area contributed by atoms with Gasteiger partial charge in [-0.1, -0.05) is 25.6 Å². The second-order valence-electron chi connectivity index (χ2n) is 5.28. The van der Waals surface area contributed by atoms with Crippen LogP contribution >= 0.6 is 0 Å². The number of aliphatic imine (C=N–C) groups is 1. The van der Waals surface area contributed by atoms with Crippen molar-refractivity contribution < 1.29 is 13.9 Å². The zero-order chi connectivity index (χ0) is 20.1. The maximum Gasteiger partial charge on any atom is 0.144 e. The number of nitrogens with zero attached hydrogens (tertiary/aromatic N) is 2. The Kier molecular flexibility index (Phi) is 11.4. The summed E-state index contributed by atoms with van der Waals surface area (Å²) >= 11 is 0. The lowest BCUT2D eigenvalue weighted by molar-refractivity contribution is 0.0914. The molecule has 1 rings (SSSR count). The van der Waals surface area contributed by atoms with Gasteiger partial charge in [0.05, 0.1) is 31.0 Å². The summed E-state index contributed by atoms with van der Waals surface area (Å²) in [6.07, 6.45) is 1.83. The number of nitrogens with two attached hydrogens (primary N) is 2. The first kappa shape index (κ1) is 23.4. The standard InChI is InChI=1S/C10H19FN6O.C7H7F/c1-3-8(11)10(15-5-12)7(2)9(18)4-17(6-13)16-14;1-6-3-2-4-7(8)5-6/h3,5-7,9,13,16,18H,1,4,14H2,2H3,(H2,12,15);2-5H,1H3/b10-8+,13-6?;. The van der Waals surface area contributed by atoms with E-state index in [9.17, 15) is 13.9 Å². The number of rotatable bonds is 8. The summed E-state index contributed by atoms with van der Waals surface area (Å²) in [6.45, 7) is 6.73. The number of halogens is 2. The Morgan fingerprint density at radius 2 is 2.19 bits per heavy atom. The van der Waals surface area contributed by atoms with Crippen molar-refractivity contribution in [3.63, 3.8) is 0 Å². The van der Waals surface area contributed by atoms with Crippen LogP contribution in [0.4, 0.5) is 8.78 Å². The molecule has 0 aromatic heterocycles. The van der Waals surface area contributed by atoms with Crippen LogP contribution in [0.1, 0.15) is 12.5 Å². The van der Waals surface area contributed by atoms with Crippen LogP contribution in [0, 0.1) is 24.1 Å². The highest BCUT2D eigenvalue weighted by Gasteiger charge is 2.22. The maximum absolute atomic E-state index is 13.5. The van der Waals surface area contributed by atoms with E-state index in [1.807, 2.05) is 13.0 Å². The highest BCUT2D eigenvalue weighted by atomic mass is 19.1.